The maximum absolute atomic E-state index is 12.1. The Balaban J connectivity index is 2.04. The van der Waals surface area contributed by atoms with Gasteiger partial charge in [0, 0.05) is 18.3 Å². The van der Waals surface area contributed by atoms with Gasteiger partial charge in [-0.05, 0) is 29.8 Å². The van der Waals surface area contributed by atoms with Gasteiger partial charge in [-0.25, -0.2) is 0 Å². The predicted octanol–water partition coefficient (Wildman–Crippen LogP) is 1.68. The van der Waals surface area contributed by atoms with Gasteiger partial charge in [0.1, 0.15) is 6.04 Å². The van der Waals surface area contributed by atoms with E-state index in [4.69, 9.17) is 5.73 Å². The van der Waals surface area contributed by atoms with Crippen LogP contribution in [0.2, 0.25) is 0 Å². The number of hydrogen-bond acceptors (Lipinski definition) is 3. The molecule has 0 aromatic heterocycles. The molecule has 2 aromatic rings. The van der Waals surface area contributed by atoms with Crippen molar-refractivity contribution in [3.8, 4) is 0 Å². The van der Waals surface area contributed by atoms with Crippen LogP contribution in [0.1, 0.15) is 22.0 Å². The second-order valence-corrected chi connectivity index (χ2v) is 4.53. The minimum Gasteiger partial charge on any atom is -0.355 e. The first-order valence-corrected chi connectivity index (χ1v) is 6.55. The lowest BCUT2D eigenvalue weighted by molar-refractivity contribution is -0.117. The molecule has 21 heavy (non-hydrogen) atoms. The van der Waals surface area contributed by atoms with Gasteiger partial charge < -0.3 is 16.4 Å². The maximum atomic E-state index is 12.1. The van der Waals surface area contributed by atoms with E-state index in [1.807, 2.05) is 18.2 Å². The van der Waals surface area contributed by atoms with Gasteiger partial charge in [-0.1, -0.05) is 30.3 Å². The van der Waals surface area contributed by atoms with Crippen LogP contribution in [0.5, 0.6) is 0 Å². The Morgan fingerprint density at radius 2 is 1.62 bits per heavy atom. The minimum atomic E-state index is -0.732. The standard InChI is InChI=1S/C16H17N3O2/c1-18-15(20)12-7-9-13(10-8-12)19-16(21)14(17)11-5-3-2-4-6-11/h2-10,14H,17H2,1H3,(H,18,20)(H,19,21)/t14-/m0/s1. The van der Waals surface area contributed by atoms with E-state index in [9.17, 15) is 9.59 Å². The van der Waals surface area contributed by atoms with Gasteiger partial charge in [-0.15, -0.1) is 0 Å². The lowest BCUT2D eigenvalue weighted by Gasteiger charge is -2.12. The Morgan fingerprint density at radius 1 is 1.00 bits per heavy atom. The summed E-state index contributed by atoms with van der Waals surface area (Å²) in [5.41, 5.74) is 7.78. The molecule has 0 aliphatic rings. The topological polar surface area (TPSA) is 84.2 Å². The highest BCUT2D eigenvalue weighted by Crippen LogP contribution is 2.14. The van der Waals surface area contributed by atoms with Crippen molar-refractivity contribution in [2.24, 2.45) is 5.73 Å². The number of amides is 2. The van der Waals surface area contributed by atoms with E-state index >= 15 is 0 Å². The molecule has 0 spiro atoms. The van der Waals surface area contributed by atoms with Crippen LogP contribution >= 0.6 is 0 Å². The molecule has 0 aliphatic carbocycles. The van der Waals surface area contributed by atoms with Gasteiger partial charge in [0.05, 0.1) is 0 Å². The first-order valence-electron chi connectivity index (χ1n) is 6.55. The summed E-state index contributed by atoms with van der Waals surface area (Å²) in [6.45, 7) is 0. The Labute approximate surface area is 123 Å². The molecule has 0 bridgehead atoms. The van der Waals surface area contributed by atoms with Crippen LogP contribution in [-0.2, 0) is 4.79 Å². The maximum Gasteiger partial charge on any atom is 0.251 e. The van der Waals surface area contributed by atoms with Gasteiger partial charge in [-0.3, -0.25) is 9.59 Å². The average Bonchev–Trinajstić information content (AvgIpc) is 2.55. The fourth-order valence-corrected chi connectivity index (χ4v) is 1.88. The third-order valence-electron chi connectivity index (χ3n) is 3.08. The third-order valence-corrected chi connectivity index (χ3v) is 3.08. The van der Waals surface area contributed by atoms with Crippen LogP contribution in [0.3, 0.4) is 0 Å². The molecule has 0 unspecified atom stereocenters. The highest BCUT2D eigenvalue weighted by Gasteiger charge is 2.15. The highest BCUT2D eigenvalue weighted by atomic mass is 16.2. The van der Waals surface area contributed by atoms with Crippen molar-refractivity contribution < 1.29 is 9.59 Å². The van der Waals surface area contributed by atoms with E-state index in [0.29, 0.717) is 11.3 Å². The van der Waals surface area contributed by atoms with Crippen molar-refractivity contribution in [2.45, 2.75) is 6.04 Å². The zero-order chi connectivity index (χ0) is 15.2. The third kappa shape index (κ3) is 3.67. The Bertz CT molecular complexity index is 624. The Kier molecular flexibility index (Phi) is 4.68. The number of nitrogens with one attached hydrogen (secondary N) is 2. The number of anilines is 1. The van der Waals surface area contributed by atoms with Gasteiger partial charge in [-0.2, -0.15) is 0 Å². The first-order chi connectivity index (χ1) is 10.1. The van der Waals surface area contributed by atoms with E-state index < -0.39 is 6.04 Å². The molecule has 2 aromatic carbocycles. The van der Waals surface area contributed by atoms with Crippen molar-refractivity contribution in [1.82, 2.24) is 5.32 Å². The van der Waals surface area contributed by atoms with E-state index in [1.165, 1.54) is 0 Å². The van der Waals surface area contributed by atoms with Crippen molar-refractivity contribution in [1.29, 1.82) is 0 Å². The van der Waals surface area contributed by atoms with Crippen molar-refractivity contribution in [3.63, 3.8) is 0 Å². The number of carbonyl (C=O) groups excluding carboxylic acids is 2. The van der Waals surface area contributed by atoms with Gasteiger partial charge in [0.25, 0.3) is 5.91 Å². The predicted molar refractivity (Wildman–Crippen MR) is 81.8 cm³/mol. The number of carbonyl (C=O) groups is 2. The van der Waals surface area contributed by atoms with Crippen molar-refractivity contribution in [3.05, 3.63) is 65.7 Å². The van der Waals surface area contributed by atoms with Crippen LogP contribution in [0.15, 0.2) is 54.6 Å². The zero-order valence-corrected chi connectivity index (χ0v) is 11.7. The number of nitrogens with two attached hydrogens (primary N) is 1. The summed E-state index contributed by atoms with van der Waals surface area (Å²) in [6.07, 6.45) is 0. The smallest absolute Gasteiger partial charge is 0.251 e. The number of benzene rings is 2. The molecule has 2 rings (SSSR count). The van der Waals surface area contributed by atoms with E-state index in [2.05, 4.69) is 10.6 Å². The van der Waals surface area contributed by atoms with Gasteiger partial charge in [0.15, 0.2) is 0 Å². The van der Waals surface area contributed by atoms with E-state index in [0.717, 1.165) is 5.56 Å². The van der Waals surface area contributed by atoms with E-state index in [1.54, 1.807) is 43.4 Å². The Morgan fingerprint density at radius 3 is 2.19 bits per heavy atom. The molecular weight excluding hydrogens is 266 g/mol. The summed E-state index contributed by atoms with van der Waals surface area (Å²) < 4.78 is 0. The summed E-state index contributed by atoms with van der Waals surface area (Å²) in [5, 5.41) is 5.26. The van der Waals surface area contributed by atoms with Crippen LogP contribution in [0, 0.1) is 0 Å². The monoisotopic (exact) mass is 283 g/mol. The zero-order valence-electron chi connectivity index (χ0n) is 11.7. The fourth-order valence-electron chi connectivity index (χ4n) is 1.88. The van der Waals surface area contributed by atoms with E-state index in [-0.39, 0.29) is 11.8 Å². The SMILES string of the molecule is CNC(=O)c1ccc(NC(=O)[C@@H](N)c2ccccc2)cc1. The number of rotatable bonds is 4. The van der Waals surface area contributed by atoms with Crippen LogP contribution in [-0.4, -0.2) is 18.9 Å². The molecule has 2 amide bonds. The summed E-state index contributed by atoms with van der Waals surface area (Å²) in [5.74, 6) is -0.470. The summed E-state index contributed by atoms with van der Waals surface area (Å²) in [7, 11) is 1.57. The van der Waals surface area contributed by atoms with Crippen LogP contribution < -0.4 is 16.4 Å². The molecule has 4 N–H and O–H groups in total. The molecule has 0 radical (unpaired) electrons. The molecule has 5 nitrogen and oxygen atoms in total. The molecule has 5 heteroatoms. The lowest BCUT2D eigenvalue weighted by atomic mass is 10.1. The largest absolute Gasteiger partial charge is 0.355 e. The molecule has 1 atom stereocenters. The van der Waals surface area contributed by atoms with Crippen LogP contribution in [0.4, 0.5) is 5.69 Å². The summed E-state index contributed by atoms with van der Waals surface area (Å²) >= 11 is 0. The van der Waals surface area contributed by atoms with Gasteiger partial charge >= 0.3 is 0 Å². The number of hydrogen-bond donors (Lipinski definition) is 3. The first kappa shape index (κ1) is 14.7. The highest BCUT2D eigenvalue weighted by molar-refractivity contribution is 5.97. The molecule has 0 heterocycles. The molecule has 0 aliphatic heterocycles. The molecule has 108 valence electrons. The Hall–Kier alpha value is -2.66. The molecule has 0 fully saturated rings. The summed E-state index contributed by atoms with van der Waals surface area (Å²) in [4.78, 5) is 23.5. The quantitative estimate of drug-likeness (QED) is 0.798. The molecular formula is C16H17N3O2. The molecule has 0 saturated carbocycles. The summed E-state index contributed by atoms with van der Waals surface area (Å²) in [6, 6.07) is 15.0. The van der Waals surface area contributed by atoms with Crippen molar-refractivity contribution in [2.75, 3.05) is 12.4 Å². The van der Waals surface area contributed by atoms with Crippen LogP contribution in [0.25, 0.3) is 0 Å². The minimum absolute atomic E-state index is 0.172. The normalized spacial score (nSPS) is 11.5. The van der Waals surface area contributed by atoms with Crippen molar-refractivity contribution >= 4 is 17.5 Å². The lowest BCUT2D eigenvalue weighted by Crippen LogP contribution is -2.27. The van der Waals surface area contributed by atoms with Gasteiger partial charge in [0.2, 0.25) is 5.91 Å². The molecule has 0 saturated heterocycles. The average molecular weight is 283 g/mol. The second kappa shape index (κ2) is 6.67. The fraction of sp³-hybridized carbons (Fsp3) is 0.125. The second-order valence-electron chi connectivity index (χ2n) is 4.53.